The number of ether oxygens (including phenoxy) is 1. The summed E-state index contributed by atoms with van der Waals surface area (Å²) >= 11 is 0. The Morgan fingerprint density at radius 1 is 1.36 bits per heavy atom. The summed E-state index contributed by atoms with van der Waals surface area (Å²) < 4.78 is 7.53. The largest absolute Gasteiger partial charge is 0.494 e. The van der Waals surface area contributed by atoms with Crippen LogP contribution in [-0.4, -0.2) is 34.0 Å². The van der Waals surface area contributed by atoms with E-state index in [1.54, 1.807) is 24.5 Å². The van der Waals surface area contributed by atoms with Gasteiger partial charge in [-0.1, -0.05) is 6.07 Å². The van der Waals surface area contributed by atoms with Gasteiger partial charge in [-0.3, -0.25) is 4.79 Å². The van der Waals surface area contributed by atoms with E-state index in [0.29, 0.717) is 6.61 Å². The van der Waals surface area contributed by atoms with Gasteiger partial charge in [-0.2, -0.15) is 0 Å². The molecule has 1 aliphatic heterocycles. The molecule has 0 fully saturated rings. The molecule has 0 saturated carbocycles. The SMILES string of the molecule is CCOc1ccc2c(c1)C(n1ccnc1)=CN(C)C(=O)C2C. The molecule has 1 aliphatic rings. The number of carbonyl (C=O) groups excluding carboxylic acids is 1. The third-order valence-corrected chi connectivity index (χ3v) is 3.89. The van der Waals surface area contributed by atoms with Crippen molar-refractivity contribution >= 4 is 11.6 Å². The maximum Gasteiger partial charge on any atom is 0.233 e. The van der Waals surface area contributed by atoms with Crippen molar-refractivity contribution in [3.63, 3.8) is 0 Å². The summed E-state index contributed by atoms with van der Waals surface area (Å²) in [6.07, 6.45) is 7.18. The van der Waals surface area contributed by atoms with Gasteiger partial charge in [-0.25, -0.2) is 4.98 Å². The minimum absolute atomic E-state index is 0.0699. The Bertz CT molecular complexity index is 720. The summed E-state index contributed by atoms with van der Waals surface area (Å²) in [5, 5.41) is 0. The van der Waals surface area contributed by atoms with Gasteiger partial charge in [-0.15, -0.1) is 0 Å². The molecular formula is C17H19N3O2. The van der Waals surface area contributed by atoms with Crippen molar-refractivity contribution < 1.29 is 9.53 Å². The predicted octanol–water partition coefficient (Wildman–Crippen LogP) is 2.70. The first-order valence-electron chi connectivity index (χ1n) is 7.35. The summed E-state index contributed by atoms with van der Waals surface area (Å²) in [6, 6.07) is 5.89. The number of hydrogen-bond acceptors (Lipinski definition) is 3. The number of imidazole rings is 1. The Morgan fingerprint density at radius 2 is 2.18 bits per heavy atom. The third-order valence-electron chi connectivity index (χ3n) is 3.89. The summed E-state index contributed by atoms with van der Waals surface area (Å²) in [4.78, 5) is 18.2. The van der Waals surface area contributed by atoms with Crippen LogP contribution in [0.1, 0.15) is 30.9 Å². The molecule has 1 amide bonds. The zero-order valence-corrected chi connectivity index (χ0v) is 13.0. The van der Waals surface area contributed by atoms with E-state index in [1.165, 1.54) is 0 Å². The highest BCUT2D eigenvalue weighted by molar-refractivity contribution is 5.89. The standard InChI is InChI=1S/C17H19N3O2/c1-4-22-13-5-6-14-12(2)17(21)19(3)10-16(15(14)9-13)20-8-7-18-11-20/h5-12H,4H2,1-3H3. The van der Waals surface area contributed by atoms with Crippen LogP contribution in [0.15, 0.2) is 43.1 Å². The van der Waals surface area contributed by atoms with Gasteiger partial charge in [0.25, 0.3) is 0 Å². The molecule has 22 heavy (non-hydrogen) atoms. The van der Waals surface area contributed by atoms with E-state index in [2.05, 4.69) is 4.98 Å². The van der Waals surface area contributed by atoms with E-state index in [1.807, 2.05) is 49.0 Å². The van der Waals surface area contributed by atoms with Crippen molar-refractivity contribution in [1.82, 2.24) is 14.5 Å². The molecule has 2 heterocycles. The van der Waals surface area contributed by atoms with Crippen LogP contribution in [0.3, 0.4) is 0 Å². The number of amides is 1. The van der Waals surface area contributed by atoms with Crippen LogP contribution in [0.2, 0.25) is 0 Å². The highest BCUT2D eigenvalue weighted by atomic mass is 16.5. The van der Waals surface area contributed by atoms with E-state index in [0.717, 1.165) is 22.6 Å². The van der Waals surface area contributed by atoms with Crippen molar-refractivity contribution in [2.24, 2.45) is 0 Å². The van der Waals surface area contributed by atoms with Gasteiger partial charge in [-0.05, 0) is 31.5 Å². The highest BCUT2D eigenvalue weighted by Crippen LogP contribution is 2.34. The Hall–Kier alpha value is -2.56. The maximum absolute atomic E-state index is 12.5. The molecule has 0 radical (unpaired) electrons. The molecule has 1 unspecified atom stereocenters. The van der Waals surface area contributed by atoms with Crippen LogP contribution < -0.4 is 4.74 Å². The molecule has 0 N–H and O–H groups in total. The molecule has 0 aliphatic carbocycles. The lowest BCUT2D eigenvalue weighted by Crippen LogP contribution is -2.24. The lowest BCUT2D eigenvalue weighted by atomic mass is 9.94. The van der Waals surface area contributed by atoms with E-state index < -0.39 is 0 Å². The molecule has 1 aromatic heterocycles. The molecule has 5 nitrogen and oxygen atoms in total. The first kappa shape index (κ1) is 14.4. The zero-order chi connectivity index (χ0) is 15.7. The number of hydrogen-bond donors (Lipinski definition) is 0. The summed E-state index contributed by atoms with van der Waals surface area (Å²) in [5.74, 6) is 0.671. The van der Waals surface area contributed by atoms with E-state index in [-0.39, 0.29) is 11.8 Å². The molecule has 2 aromatic rings. The first-order chi connectivity index (χ1) is 10.6. The fourth-order valence-corrected chi connectivity index (χ4v) is 2.75. The molecule has 3 rings (SSSR count). The quantitative estimate of drug-likeness (QED) is 0.875. The third kappa shape index (κ3) is 2.39. The molecule has 0 bridgehead atoms. The molecule has 0 spiro atoms. The molecule has 1 atom stereocenters. The van der Waals surface area contributed by atoms with Crippen LogP contribution in [0, 0.1) is 0 Å². The van der Waals surface area contributed by atoms with Crippen molar-refractivity contribution in [3.8, 4) is 5.75 Å². The molecule has 114 valence electrons. The topological polar surface area (TPSA) is 47.4 Å². The van der Waals surface area contributed by atoms with Crippen LogP contribution in [0.4, 0.5) is 0 Å². The Morgan fingerprint density at radius 3 is 2.86 bits per heavy atom. The lowest BCUT2D eigenvalue weighted by molar-refractivity contribution is -0.128. The number of aromatic nitrogens is 2. The van der Waals surface area contributed by atoms with Crippen molar-refractivity contribution in [3.05, 3.63) is 54.2 Å². The summed E-state index contributed by atoms with van der Waals surface area (Å²) in [6.45, 7) is 4.50. The summed E-state index contributed by atoms with van der Waals surface area (Å²) in [7, 11) is 1.78. The second kappa shape index (κ2) is 5.67. The van der Waals surface area contributed by atoms with Crippen LogP contribution in [-0.2, 0) is 4.79 Å². The van der Waals surface area contributed by atoms with Gasteiger partial charge in [0.2, 0.25) is 5.91 Å². The van der Waals surface area contributed by atoms with E-state index >= 15 is 0 Å². The predicted molar refractivity (Wildman–Crippen MR) is 84.4 cm³/mol. The molecule has 5 heteroatoms. The normalized spacial score (nSPS) is 17.8. The van der Waals surface area contributed by atoms with Gasteiger partial charge in [0.15, 0.2) is 0 Å². The van der Waals surface area contributed by atoms with Crippen molar-refractivity contribution in [2.75, 3.05) is 13.7 Å². The smallest absolute Gasteiger partial charge is 0.233 e. The minimum atomic E-state index is -0.201. The average Bonchev–Trinajstić information content (AvgIpc) is 3.02. The number of fused-ring (bicyclic) bond motifs is 1. The van der Waals surface area contributed by atoms with Crippen LogP contribution >= 0.6 is 0 Å². The average molecular weight is 297 g/mol. The number of rotatable bonds is 3. The van der Waals surface area contributed by atoms with Crippen LogP contribution in [0.25, 0.3) is 5.70 Å². The van der Waals surface area contributed by atoms with Gasteiger partial charge in [0.1, 0.15) is 5.75 Å². The molecule has 0 saturated heterocycles. The van der Waals surface area contributed by atoms with Gasteiger partial charge in [0, 0.05) is 31.2 Å². The molecule has 1 aromatic carbocycles. The number of nitrogens with zero attached hydrogens (tertiary/aromatic N) is 3. The minimum Gasteiger partial charge on any atom is -0.494 e. The zero-order valence-electron chi connectivity index (χ0n) is 13.0. The Labute approximate surface area is 129 Å². The van der Waals surface area contributed by atoms with Gasteiger partial charge in [0.05, 0.1) is 24.5 Å². The maximum atomic E-state index is 12.5. The Balaban J connectivity index is 2.21. The Kier molecular flexibility index (Phi) is 3.71. The summed E-state index contributed by atoms with van der Waals surface area (Å²) in [5.41, 5.74) is 2.90. The number of likely N-dealkylation sites (N-methyl/N-ethyl adjacent to an activating group) is 1. The van der Waals surface area contributed by atoms with Crippen molar-refractivity contribution in [2.45, 2.75) is 19.8 Å². The fourth-order valence-electron chi connectivity index (χ4n) is 2.75. The number of carbonyl (C=O) groups is 1. The fraction of sp³-hybridized carbons (Fsp3) is 0.294. The second-order valence-corrected chi connectivity index (χ2v) is 5.34. The van der Waals surface area contributed by atoms with Gasteiger partial charge < -0.3 is 14.2 Å². The monoisotopic (exact) mass is 297 g/mol. The van der Waals surface area contributed by atoms with Crippen molar-refractivity contribution in [1.29, 1.82) is 0 Å². The highest BCUT2D eigenvalue weighted by Gasteiger charge is 2.27. The number of benzene rings is 1. The first-order valence-corrected chi connectivity index (χ1v) is 7.35. The molecular weight excluding hydrogens is 278 g/mol. The van der Waals surface area contributed by atoms with E-state index in [4.69, 9.17) is 4.74 Å². The second-order valence-electron chi connectivity index (χ2n) is 5.34. The van der Waals surface area contributed by atoms with Crippen LogP contribution in [0.5, 0.6) is 5.75 Å². The van der Waals surface area contributed by atoms with Gasteiger partial charge >= 0.3 is 0 Å². The van der Waals surface area contributed by atoms with E-state index in [9.17, 15) is 4.79 Å². The lowest BCUT2D eigenvalue weighted by Gasteiger charge is -2.16.